The number of carbonyl (C=O) groups excluding carboxylic acids is 1. The summed E-state index contributed by atoms with van der Waals surface area (Å²) in [6.07, 6.45) is 7.42. The zero-order chi connectivity index (χ0) is 13.9. The van der Waals surface area contributed by atoms with Crippen LogP contribution in [0.15, 0.2) is 6.20 Å². The molecule has 0 radical (unpaired) electrons. The summed E-state index contributed by atoms with van der Waals surface area (Å²) in [5.41, 5.74) is 1.04. The highest BCUT2D eigenvalue weighted by Crippen LogP contribution is 2.32. The van der Waals surface area contributed by atoms with Crippen LogP contribution in [0.2, 0.25) is 0 Å². The highest BCUT2D eigenvalue weighted by Gasteiger charge is 2.34. The molecular weight excluding hydrogens is 240 g/mol. The van der Waals surface area contributed by atoms with Gasteiger partial charge in [-0.05, 0) is 26.2 Å². The minimum atomic E-state index is -0.00203. The molecule has 1 aromatic heterocycles. The van der Waals surface area contributed by atoms with Crippen molar-refractivity contribution in [3.8, 4) is 0 Å². The minimum Gasteiger partial charge on any atom is -0.345 e. The second-order valence-electron chi connectivity index (χ2n) is 5.64. The van der Waals surface area contributed by atoms with E-state index in [1.807, 2.05) is 14.0 Å². The first-order valence-electron chi connectivity index (χ1n) is 7.08. The smallest absolute Gasteiger partial charge is 0.317 e. The van der Waals surface area contributed by atoms with E-state index in [0.717, 1.165) is 30.8 Å². The predicted molar refractivity (Wildman–Crippen MR) is 74.8 cm³/mol. The van der Waals surface area contributed by atoms with Gasteiger partial charge in [-0.2, -0.15) is 0 Å². The first-order valence-corrected chi connectivity index (χ1v) is 7.08. The van der Waals surface area contributed by atoms with Crippen molar-refractivity contribution < 1.29 is 4.79 Å². The fraction of sp³-hybridized carbons (Fsp3) is 0.714. The summed E-state index contributed by atoms with van der Waals surface area (Å²) in [4.78, 5) is 21.3. The van der Waals surface area contributed by atoms with Crippen molar-refractivity contribution in [3.05, 3.63) is 17.7 Å². The van der Waals surface area contributed by atoms with Crippen molar-refractivity contribution in [1.29, 1.82) is 0 Å². The molecule has 0 atom stereocenters. The van der Waals surface area contributed by atoms with Crippen molar-refractivity contribution in [2.75, 3.05) is 7.05 Å². The SMILES string of the molecule is CCC1(NC(=O)N(C)Cc2ncc(C)[nH]2)CCCC1. The third-order valence-electron chi connectivity index (χ3n) is 4.10. The molecule has 2 rings (SSSR count). The highest BCUT2D eigenvalue weighted by molar-refractivity contribution is 5.74. The van der Waals surface area contributed by atoms with Crippen molar-refractivity contribution in [1.82, 2.24) is 20.2 Å². The van der Waals surface area contributed by atoms with Gasteiger partial charge < -0.3 is 15.2 Å². The Bertz CT molecular complexity index is 434. The lowest BCUT2D eigenvalue weighted by Crippen LogP contribution is -2.50. The number of carbonyl (C=O) groups is 1. The van der Waals surface area contributed by atoms with Gasteiger partial charge in [0.25, 0.3) is 0 Å². The zero-order valence-electron chi connectivity index (χ0n) is 12.1. The van der Waals surface area contributed by atoms with E-state index in [1.54, 1.807) is 11.1 Å². The van der Waals surface area contributed by atoms with Crippen molar-refractivity contribution >= 4 is 6.03 Å². The first kappa shape index (κ1) is 13.9. The lowest BCUT2D eigenvalue weighted by Gasteiger charge is -2.31. The molecule has 1 aromatic rings. The normalized spacial score (nSPS) is 17.4. The molecule has 106 valence electrons. The molecule has 19 heavy (non-hydrogen) atoms. The number of nitrogens with one attached hydrogen (secondary N) is 2. The summed E-state index contributed by atoms with van der Waals surface area (Å²) in [5, 5.41) is 3.21. The van der Waals surface area contributed by atoms with E-state index in [0.29, 0.717) is 6.54 Å². The van der Waals surface area contributed by atoms with E-state index < -0.39 is 0 Å². The molecule has 5 nitrogen and oxygen atoms in total. The van der Waals surface area contributed by atoms with Crippen LogP contribution in [0.3, 0.4) is 0 Å². The van der Waals surface area contributed by atoms with E-state index in [-0.39, 0.29) is 11.6 Å². The van der Waals surface area contributed by atoms with Gasteiger partial charge in [0.1, 0.15) is 5.82 Å². The summed E-state index contributed by atoms with van der Waals surface area (Å²) in [7, 11) is 1.81. The average Bonchev–Trinajstić information content (AvgIpc) is 2.99. The quantitative estimate of drug-likeness (QED) is 0.878. The molecule has 1 saturated carbocycles. The number of rotatable bonds is 4. The number of urea groups is 1. The number of aromatic amines is 1. The summed E-state index contributed by atoms with van der Waals surface area (Å²) in [6.45, 7) is 4.63. The van der Waals surface area contributed by atoms with Crippen LogP contribution in [0.5, 0.6) is 0 Å². The molecule has 2 amide bonds. The standard InChI is InChI=1S/C14H24N4O/c1-4-14(7-5-6-8-14)17-13(19)18(3)10-12-15-9-11(2)16-12/h9H,4-8,10H2,1-3H3,(H,15,16)(H,17,19). The van der Waals surface area contributed by atoms with Crippen molar-refractivity contribution in [2.24, 2.45) is 0 Å². The fourth-order valence-electron chi connectivity index (χ4n) is 2.78. The van der Waals surface area contributed by atoms with Crippen LogP contribution in [0.25, 0.3) is 0 Å². The molecule has 0 aromatic carbocycles. The van der Waals surface area contributed by atoms with Crippen LogP contribution in [0.4, 0.5) is 4.79 Å². The highest BCUT2D eigenvalue weighted by atomic mass is 16.2. The van der Waals surface area contributed by atoms with Crippen LogP contribution < -0.4 is 5.32 Å². The molecule has 0 unspecified atom stereocenters. The number of amides is 2. The second-order valence-corrected chi connectivity index (χ2v) is 5.64. The van der Waals surface area contributed by atoms with Gasteiger partial charge in [-0.3, -0.25) is 0 Å². The summed E-state index contributed by atoms with van der Waals surface area (Å²) in [5.74, 6) is 0.826. The van der Waals surface area contributed by atoms with Gasteiger partial charge in [-0.1, -0.05) is 19.8 Å². The summed E-state index contributed by atoms with van der Waals surface area (Å²) >= 11 is 0. The number of aryl methyl sites for hydroxylation is 1. The number of aromatic nitrogens is 2. The van der Waals surface area contributed by atoms with Gasteiger partial charge in [0.05, 0.1) is 6.54 Å². The largest absolute Gasteiger partial charge is 0.345 e. The van der Waals surface area contributed by atoms with E-state index in [9.17, 15) is 4.79 Å². The van der Waals surface area contributed by atoms with Crippen LogP contribution in [-0.4, -0.2) is 33.5 Å². The molecule has 0 spiro atoms. The molecule has 1 aliphatic rings. The molecule has 0 aliphatic heterocycles. The summed E-state index contributed by atoms with van der Waals surface area (Å²) < 4.78 is 0. The first-order chi connectivity index (χ1) is 9.04. The van der Waals surface area contributed by atoms with E-state index >= 15 is 0 Å². The van der Waals surface area contributed by atoms with Crippen molar-refractivity contribution in [2.45, 2.75) is 58.0 Å². The van der Waals surface area contributed by atoms with E-state index in [1.165, 1.54) is 12.8 Å². The number of imidazole rings is 1. The fourth-order valence-corrected chi connectivity index (χ4v) is 2.78. The molecule has 1 aliphatic carbocycles. The molecule has 1 heterocycles. The third-order valence-corrected chi connectivity index (χ3v) is 4.10. The number of hydrogen-bond donors (Lipinski definition) is 2. The zero-order valence-corrected chi connectivity index (χ0v) is 12.1. The Hall–Kier alpha value is -1.52. The molecule has 5 heteroatoms. The van der Waals surface area contributed by atoms with Gasteiger partial charge in [-0.25, -0.2) is 9.78 Å². The molecule has 0 saturated heterocycles. The Morgan fingerprint density at radius 2 is 2.21 bits per heavy atom. The maximum absolute atomic E-state index is 12.2. The van der Waals surface area contributed by atoms with E-state index in [2.05, 4.69) is 22.2 Å². The van der Waals surface area contributed by atoms with Crippen LogP contribution >= 0.6 is 0 Å². The Kier molecular flexibility index (Phi) is 4.12. The Labute approximate surface area is 114 Å². The van der Waals surface area contributed by atoms with Gasteiger partial charge in [0, 0.05) is 24.5 Å². The van der Waals surface area contributed by atoms with Crippen LogP contribution in [-0.2, 0) is 6.54 Å². The lowest BCUT2D eigenvalue weighted by molar-refractivity contribution is 0.188. The van der Waals surface area contributed by atoms with Crippen LogP contribution in [0, 0.1) is 6.92 Å². The van der Waals surface area contributed by atoms with Gasteiger partial charge in [0.2, 0.25) is 0 Å². The number of nitrogens with zero attached hydrogens (tertiary/aromatic N) is 2. The van der Waals surface area contributed by atoms with Gasteiger partial charge in [0.15, 0.2) is 0 Å². The third kappa shape index (κ3) is 3.28. The maximum Gasteiger partial charge on any atom is 0.317 e. The van der Waals surface area contributed by atoms with E-state index in [4.69, 9.17) is 0 Å². The van der Waals surface area contributed by atoms with Gasteiger partial charge in [-0.15, -0.1) is 0 Å². The maximum atomic E-state index is 12.2. The molecular formula is C14H24N4O. The summed E-state index contributed by atoms with van der Waals surface area (Å²) in [6, 6.07) is -0.00203. The topological polar surface area (TPSA) is 61.0 Å². The molecule has 2 N–H and O–H groups in total. The second kappa shape index (κ2) is 5.63. The molecule has 0 bridgehead atoms. The Morgan fingerprint density at radius 1 is 1.53 bits per heavy atom. The van der Waals surface area contributed by atoms with Gasteiger partial charge >= 0.3 is 6.03 Å². The number of hydrogen-bond acceptors (Lipinski definition) is 2. The Balaban J connectivity index is 1.91. The van der Waals surface area contributed by atoms with Crippen LogP contribution in [0.1, 0.15) is 50.5 Å². The van der Waals surface area contributed by atoms with Crippen molar-refractivity contribution in [3.63, 3.8) is 0 Å². The Morgan fingerprint density at radius 3 is 2.74 bits per heavy atom. The minimum absolute atomic E-state index is 0.00203. The molecule has 1 fully saturated rings. The predicted octanol–water partition coefficient (Wildman–Crippen LogP) is 2.58. The monoisotopic (exact) mass is 264 g/mol. The average molecular weight is 264 g/mol. The number of H-pyrrole nitrogens is 1. The lowest BCUT2D eigenvalue weighted by atomic mass is 9.94.